The van der Waals surface area contributed by atoms with Crippen molar-refractivity contribution >= 4 is 0 Å². The molecule has 0 N–H and O–H groups in total. The van der Waals surface area contributed by atoms with Crippen LogP contribution >= 0.6 is 0 Å². The fourth-order valence-electron chi connectivity index (χ4n) is 2.19. The van der Waals surface area contributed by atoms with Crippen molar-refractivity contribution in [1.29, 1.82) is 0 Å². The summed E-state index contributed by atoms with van der Waals surface area (Å²) in [6.07, 6.45) is 2.88. The van der Waals surface area contributed by atoms with Crippen LogP contribution in [0.25, 0.3) is 0 Å². The molecule has 0 fully saturated rings. The largest absolute Gasteiger partial charge is 0.489 e. The average Bonchev–Trinajstić information content (AvgIpc) is 2.52. The second kappa shape index (κ2) is 8.17. The quantitative estimate of drug-likeness (QED) is 0.705. The molecule has 0 unspecified atom stereocenters. The summed E-state index contributed by atoms with van der Waals surface area (Å²) in [5, 5.41) is 0. The van der Waals surface area contributed by atoms with Crippen molar-refractivity contribution < 1.29 is 4.74 Å². The van der Waals surface area contributed by atoms with Crippen LogP contribution in [0.2, 0.25) is 0 Å². The zero-order chi connectivity index (χ0) is 14.9. The molecule has 0 bridgehead atoms. The van der Waals surface area contributed by atoms with Crippen molar-refractivity contribution in [2.45, 2.75) is 39.7 Å². The van der Waals surface area contributed by atoms with E-state index in [1.54, 1.807) is 0 Å². The Hall–Kier alpha value is -2.20. The van der Waals surface area contributed by atoms with Gasteiger partial charge in [0.25, 0.3) is 0 Å². The molecule has 0 aliphatic rings. The molecule has 0 aliphatic carbocycles. The Morgan fingerprint density at radius 2 is 1.81 bits per heavy atom. The van der Waals surface area contributed by atoms with Gasteiger partial charge in [-0.1, -0.05) is 43.3 Å². The fraction of sp³-hybridized carbons (Fsp3) is 0.300. The molecular weight excluding hydrogens is 256 g/mol. The highest BCUT2D eigenvalue weighted by atomic mass is 16.5. The molecule has 0 radical (unpaired) electrons. The zero-order valence-corrected chi connectivity index (χ0v) is 12.9. The standard InChI is InChI=1S/C20H22O/c1-3-4-5-9-12-19-13-14-20(15-17(19)2)21-16-18-10-7-6-8-11-18/h6-8,10-11,13-15H,3,9,12,16H2,1-2H3. The SMILES string of the molecule is CCC#CCCc1ccc(OCc2ccccc2)cc1C. The summed E-state index contributed by atoms with van der Waals surface area (Å²) < 4.78 is 5.84. The van der Waals surface area contributed by atoms with E-state index in [0.29, 0.717) is 6.61 Å². The maximum atomic E-state index is 5.84. The smallest absolute Gasteiger partial charge is 0.120 e. The van der Waals surface area contributed by atoms with Crippen LogP contribution in [0.1, 0.15) is 36.5 Å². The van der Waals surface area contributed by atoms with Crippen molar-refractivity contribution in [2.75, 3.05) is 0 Å². The van der Waals surface area contributed by atoms with E-state index in [2.05, 4.69) is 56.0 Å². The summed E-state index contributed by atoms with van der Waals surface area (Å²) in [6, 6.07) is 16.6. The molecule has 0 amide bonds. The van der Waals surface area contributed by atoms with Crippen LogP contribution in [0.5, 0.6) is 5.75 Å². The van der Waals surface area contributed by atoms with Crippen LogP contribution < -0.4 is 4.74 Å². The Labute approximate surface area is 128 Å². The summed E-state index contributed by atoms with van der Waals surface area (Å²) in [5.74, 6) is 7.23. The third-order valence-corrected chi connectivity index (χ3v) is 3.38. The van der Waals surface area contributed by atoms with Crippen molar-refractivity contribution in [3.8, 4) is 17.6 Å². The van der Waals surface area contributed by atoms with Gasteiger partial charge in [-0.3, -0.25) is 0 Å². The Morgan fingerprint density at radius 1 is 1.00 bits per heavy atom. The van der Waals surface area contributed by atoms with E-state index < -0.39 is 0 Å². The lowest BCUT2D eigenvalue weighted by Crippen LogP contribution is -1.96. The van der Waals surface area contributed by atoms with E-state index >= 15 is 0 Å². The Morgan fingerprint density at radius 3 is 2.52 bits per heavy atom. The number of aryl methyl sites for hydroxylation is 2. The number of hydrogen-bond acceptors (Lipinski definition) is 1. The van der Waals surface area contributed by atoms with Crippen LogP contribution in [0.3, 0.4) is 0 Å². The topological polar surface area (TPSA) is 9.23 Å². The molecule has 21 heavy (non-hydrogen) atoms. The van der Waals surface area contributed by atoms with E-state index in [1.807, 2.05) is 18.2 Å². The Bertz CT molecular complexity index is 617. The molecule has 2 rings (SSSR count). The van der Waals surface area contributed by atoms with Crippen molar-refractivity contribution in [2.24, 2.45) is 0 Å². The van der Waals surface area contributed by atoms with E-state index in [4.69, 9.17) is 4.74 Å². The molecule has 0 heterocycles. The normalized spacial score (nSPS) is 9.81. The van der Waals surface area contributed by atoms with E-state index in [0.717, 1.165) is 25.0 Å². The summed E-state index contributed by atoms with van der Waals surface area (Å²) in [4.78, 5) is 0. The van der Waals surface area contributed by atoms with Gasteiger partial charge in [-0.2, -0.15) is 0 Å². The first-order valence-corrected chi connectivity index (χ1v) is 7.51. The Balaban J connectivity index is 1.92. The second-order valence-corrected chi connectivity index (χ2v) is 5.07. The van der Waals surface area contributed by atoms with E-state index in [-0.39, 0.29) is 0 Å². The molecule has 1 heteroatoms. The van der Waals surface area contributed by atoms with Crippen molar-refractivity contribution in [3.05, 3.63) is 65.2 Å². The van der Waals surface area contributed by atoms with Crippen LogP contribution in [0.15, 0.2) is 48.5 Å². The van der Waals surface area contributed by atoms with Crippen molar-refractivity contribution in [1.82, 2.24) is 0 Å². The number of benzene rings is 2. The number of rotatable bonds is 5. The number of hydrogen-bond donors (Lipinski definition) is 0. The minimum atomic E-state index is 0.613. The van der Waals surface area contributed by atoms with Gasteiger partial charge in [-0.25, -0.2) is 0 Å². The molecule has 2 aromatic carbocycles. The lowest BCUT2D eigenvalue weighted by molar-refractivity contribution is 0.306. The third kappa shape index (κ3) is 5.00. The summed E-state index contributed by atoms with van der Waals surface area (Å²) in [7, 11) is 0. The predicted octanol–water partition coefficient (Wildman–Crippen LogP) is 4.92. The maximum Gasteiger partial charge on any atom is 0.120 e. The summed E-state index contributed by atoms with van der Waals surface area (Å²) in [5.41, 5.74) is 3.82. The highest BCUT2D eigenvalue weighted by Crippen LogP contribution is 2.19. The molecule has 108 valence electrons. The summed E-state index contributed by atoms with van der Waals surface area (Å²) >= 11 is 0. The minimum absolute atomic E-state index is 0.613. The monoisotopic (exact) mass is 278 g/mol. The van der Waals surface area contributed by atoms with Gasteiger partial charge in [-0.05, 0) is 42.2 Å². The zero-order valence-electron chi connectivity index (χ0n) is 12.9. The third-order valence-electron chi connectivity index (χ3n) is 3.38. The molecule has 2 aromatic rings. The highest BCUT2D eigenvalue weighted by Gasteiger charge is 2.01. The van der Waals surface area contributed by atoms with Gasteiger partial charge in [0.2, 0.25) is 0 Å². The summed E-state index contributed by atoms with van der Waals surface area (Å²) in [6.45, 7) is 4.83. The average molecular weight is 278 g/mol. The first kappa shape index (κ1) is 15.2. The van der Waals surface area contributed by atoms with Gasteiger partial charge in [0.1, 0.15) is 12.4 Å². The molecule has 0 saturated heterocycles. The van der Waals surface area contributed by atoms with Gasteiger partial charge in [0.05, 0.1) is 0 Å². The molecule has 0 spiro atoms. The van der Waals surface area contributed by atoms with Crippen LogP contribution in [0.4, 0.5) is 0 Å². The fourth-order valence-corrected chi connectivity index (χ4v) is 2.19. The van der Waals surface area contributed by atoms with Gasteiger partial charge in [0, 0.05) is 12.8 Å². The molecule has 0 atom stereocenters. The van der Waals surface area contributed by atoms with Gasteiger partial charge < -0.3 is 4.74 Å². The Kier molecular flexibility index (Phi) is 5.91. The highest BCUT2D eigenvalue weighted by molar-refractivity contribution is 5.35. The van der Waals surface area contributed by atoms with Crippen LogP contribution in [-0.2, 0) is 13.0 Å². The van der Waals surface area contributed by atoms with E-state index in [9.17, 15) is 0 Å². The molecule has 0 aliphatic heterocycles. The van der Waals surface area contributed by atoms with E-state index in [1.165, 1.54) is 16.7 Å². The minimum Gasteiger partial charge on any atom is -0.489 e. The molecule has 1 nitrogen and oxygen atoms in total. The lowest BCUT2D eigenvalue weighted by Gasteiger charge is -2.09. The predicted molar refractivity (Wildman–Crippen MR) is 88.3 cm³/mol. The molecular formula is C20H22O. The van der Waals surface area contributed by atoms with Gasteiger partial charge in [0.15, 0.2) is 0 Å². The number of ether oxygens (including phenoxy) is 1. The van der Waals surface area contributed by atoms with Gasteiger partial charge in [-0.15, -0.1) is 11.8 Å². The van der Waals surface area contributed by atoms with Gasteiger partial charge >= 0.3 is 0 Å². The first-order valence-electron chi connectivity index (χ1n) is 7.51. The van der Waals surface area contributed by atoms with Crippen molar-refractivity contribution in [3.63, 3.8) is 0 Å². The van der Waals surface area contributed by atoms with Crippen LogP contribution in [0, 0.1) is 18.8 Å². The molecule has 0 saturated carbocycles. The maximum absolute atomic E-state index is 5.84. The first-order chi connectivity index (χ1) is 10.3. The lowest BCUT2D eigenvalue weighted by atomic mass is 10.0. The van der Waals surface area contributed by atoms with Crippen LogP contribution in [-0.4, -0.2) is 0 Å². The second-order valence-electron chi connectivity index (χ2n) is 5.07. The molecule has 0 aromatic heterocycles.